The first kappa shape index (κ1) is 4.64. The van der Waals surface area contributed by atoms with Crippen molar-refractivity contribution in [3.05, 3.63) is 0 Å². The summed E-state index contributed by atoms with van der Waals surface area (Å²) in [5, 5.41) is 0. The van der Waals surface area contributed by atoms with Crippen LogP contribution in [-0.2, 0) is 0 Å². The van der Waals surface area contributed by atoms with Crippen LogP contribution < -0.4 is 0 Å². The van der Waals surface area contributed by atoms with Gasteiger partial charge in [-0.25, -0.2) is 4.39 Å². The summed E-state index contributed by atoms with van der Waals surface area (Å²) in [7, 11) is 0. The van der Waals surface area contributed by atoms with Gasteiger partial charge < -0.3 is 0 Å². The minimum Gasteiger partial charge on any atom is -0.233 e. The molecule has 0 spiro atoms. The van der Waals surface area contributed by atoms with Crippen molar-refractivity contribution in [1.29, 1.82) is 0 Å². The molecule has 1 fully saturated rings. The lowest BCUT2D eigenvalue weighted by atomic mass is 10.3. The van der Waals surface area contributed by atoms with Gasteiger partial charge in [-0.3, -0.25) is 0 Å². The zero-order valence-electron chi connectivity index (χ0n) is 4.02. The van der Waals surface area contributed by atoms with Gasteiger partial charge in [0.2, 0.25) is 0 Å². The van der Waals surface area contributed by atoms with E-state index in [1.807, 2.05) is 0 Å². The van der Waals surface area contributed by atoms with Crippen LogP contribution in [0.2, 0.25) is 0 Å². The summed E-state index contributed by atoms with van der Waals surface area (Å²) in [5.74, 6) is 2.27. The lowest BCUT2D eigenvalue weighted by Gasteiger charge is -1.89. The average Bonchev–Trinajstić information content (AvgIpc) is 2.44. The van der Waals surface area contributed by atoms with E-state index >= 15 is 0 Å². The first-order valence-electron chi connectivity index (χ1n) is 2.45. The van der Waals surface area contributed by atoms with Crippen molar-refractivity contribution in [2.75, 3.05) is 0 Å². The molecule has 0 nitrogen and oxygen atoms in total. The number of alkyl halides is 1. The fraction of sp³-hybridized carbons (Fsp3) is 0.667. The summed E-state index contributed by atoms with van der Waals surface area (Å²) >= 11 is 0. The lowest BCUT2D eigenvalue weighted by Crippen LogP contribution is -1.95. The lowest BCUT2D eigenvalue weighted by molar-refractivity contribution is 0.374. The molecule has 1 aliphatic carbocycles. The normalized spacial score (nSPS) is 23.4. The van der Waals surface area contributed by atoms with E-state index < -0.39 is 6.17 Å². The Labute approximate surface area is 42.7 Å². The van der Waals surface area contributed by atoms with E-state index in [0.717, 1.165) is 12.8 Å². The highest BCUT2D eigenvalue weighted by Gasteiger charge is 2.29. The highest BCUT2D eigenvalue weighted by atomic mass is 19.1. The van der Waals surface area contributed by atoms with Crippen molar-refractivity contribution >= 4 is 0 Å². The molecule has 1 saturated carbocycles. The molecule has 0 radical (unpaired) electrons. The van der Waals surface area contributed by atoms with Crippen molar-refractivity contribution in [3.8, 4) is 12.3 Å². The molecule has 7 heavy (non-hydrogen) atoms. The third kappa shape index (κ3) is 0.928. The second kappa shape index (κ2) is 1.54. The van der Waals surface area contributed by atoms with Gasteiger partial charge in [-0.2, -0.15) is 0 Å². The Morgan fingerprint density at radius 2 is 2.29 bits per heavy atom. The van der Waals surface area contributed by atoms with E-state index in [1.165, 1.54) is 0 Å². The van der Waals surface area contributed by atoms with E-state index in [4.69, 9.17) is 6.42 Å². The molecule has 1 unspecified atom stereocenters. The van der Waals surface area contributed by atoms with E-state index in [1.54, 1.807) is 0 Å². The number of hydrogen-bond donors (Lipinski definition) is 0. The van der Waals surface area contributed by atoms with Crippen LogP contribution in [0.15, 0.2) is 0 Å². The molecule has 0 N–H and O–H groups in total. The Morgan fingerprint density at radius 3 is 2.43 bits per heavy atom. The van der Waals surface area contributed by atoms with E-state index in [2.05, 4.69) is 5.92 Å². The van der Waals surface area contributed by atoms with E-state index in [9.17, 15) is 4.39 Å². The molecular formula is C6H7F. The van der Waals surface area contributed by atoms with E-state index in [-0.39, 0.29) is 5.92 Å². The van der Waals surface area contributed by atoms with Crippen molar-refractivity contribution in [2.45, 2.75) is 19.0 Å². The second-order valence-corrected chi connectivity index (χ2v) is 1.91. The van der Waals surface area contributed by atoms with Crippen LogP contribution >= 0.6 is 0 Å². The van der Waals surface area contributed by atoms with Gasteiger partial charge in [0.15, 0.2) is 6.17 Å². The van der Waals surface area contributed by atoms with Gasteiger partial charge in [0.25, 0.3) is 0 Å². The van der Waals surface area contributed by atoms with Crippen LogP contribution in [0.25, 0.3) is 0 Å². The third-order valence-electron chi connectivity index (χ3n) is 1.20. The van der Waals surface area contributed by atoms with Crippen LogP contribution in [-0.4, -0.2) is 6.17 Å². The standard InChI is InChI=1S/C6H7F/c1-2-6(7)5-3-4-5/h1,5-6H,3-4H2. The molecule has 0 aromatic rings. The maximum Gasteiger partial charge on any atom is 0.163 e. The molecule has 0 bridgehead atoms. The first-order chi connectivity index (χ1) is 3.34. The summed E-state index contributed by atoms with van der Waals surface area (Å²) in [6.07, 6.45) is 5.81. The monoisotopic (exact) mass is 98.1 g/mol. The van der Waals surface area contributed by atoms with Gasteiger partial charge in [0.1, 0.15) is 0 Å². The highest BCUT2D eigenvalue weighted by Crippen LogP contribution is 2.33. The molecule has 0 aromatic heterocycles. The first-order valence-corrected chi connectivity index (χ1v) is 2.45. The number of terminal acetylenes is 1. The Morgan fingerprint density at radius 1 is 1.71 bits per heavy atom. The second-order valence-electron chi connectivity index (χ2n) is 1.91. The summed E-state index contributed by atoms with van der Waals surface area (Å²) in [4.78, 5) is 0. The molecule has 1 heteroatoms. The molecule has 1 aliphatic rings. The van der Waals surface area contributed by atoms with Gasteiger partial charge in [-0.1, -0.05) is 5.92 Å². The van der Waals surface area contributed by atoms with Crippen LogP contribution in [0.4, 0.5) is 4.39 Å². The molecule has 0 aliphatic heterocycles. The summed E-state index contributed by atoms with van der Waals surface area (Å²) in [6, 6.07) is 0. The Hall–Kier alpha value is -0.510. The van der Waals surface area contributed by atoms with Crippen LogP contribution in [0, 0.1) is 18.3 Å². The van der Waals surface area contributed by atoms with Gasteiger partial charge >= 0.3 is 0 Å². The highest BCUT2D eigenvalue weighted by molar-refractivity contribution is 5.01. The zero-order chi connectivity index (χ0) is 5.28. The van der Waals surface area contributed by atoms with Gasteiger partial charge in [-0.15, -0.1) is 6.42 Å². The Balaban J connectivity index is 2.27. The quantitative estimate of drug-likeness (QED) is 0.434. The largest absolute Gasteiger partial charge is 0.233 e. The topological polar surface area (TPSA) is 0 Å². The minimum atomic E-state index is -0.958. The summed E-state index contributed by atoms with van der Waals surface area (Å²) < 4.78 is 12.1. The predicted molar refractivity (Wildman–Crippen MR) is 26.5 cm³/mol. The Kier molecular flexibility index (Phi) is 1.02. The third-order valence-corrected chi connectivity index (χ3v) is 1.20. The van der Waals surface area contributed by atoms with Crippen molar-refractivity contribution in [3.63, 3.8) is 0 Å². The van der Waals surface area contributed by atoms with Crippen LogP contribution in [0.5, 0.6) is 0 Å². The van der Waals surface area contributed by atoms with Crippen molar-refractivity contribution < 1.29 is 4.39 Å². The molecule has 0 aromatic carbocycles. The molecule has 38 valence electrons. The van der Waals surface area contributed by atoms with Crippen molar-refractivity contribution in [2.24, 2.45) is 5.92 Å². The SMILES string of the molecule is C#CC(F)C1CC1. The summed E-state index contributed by atoms with van der Waals surface area (Å²) in [5.41, 5.74) is 0. The van der Waals surface area contributed by atoms with Gasteiger partial charge in [0.05, 0.1) is 0 Å². The van der Waals surface area contributed by atoms with E-state index in [0.29, 0.717) is 0 Å². The van der Waals surface area contributed by atoms with Gasteiger partial charge in [0, 0.05) is 5.92 Å². The average molecular weight is 98.1 g/mol. The number of halogens is 1. The maximum atomic E-state index is 12.1. The molecular weight excluding hydrogens is 91.1 g/mol. The molecule has 1 atom stereocenters. The predicted octanol–water partition coefficient (Wildman–Crippen LogP) is 1.37. The smallest absolute Gasteiger partial charge is 0.163 e. The van der Waals surface area contributed by atoms with Crippen LogP contribution in [0.3, 0.4) is 0 Å². The summed E-state index contributed by atoms with van der Waals surface area (Å²) in [6.45, 7) is 0. The Bertz CT molecular complexity index is 97.2. The molecule has 0 amide bonds. The zero-order valence-corrected chi connectivity index (χ0v) is 4.02. The fourth-order valence-electron chi connectivity index (χ4n) is 0.525. The number of rotatable bonds is 1. The molecule has 1 rings (SSSR count). The fourth-order valence-corrected chi connectivity index (χ4v) is 0.525. The maximum absolute atomic E-state index is 12.1. The van der Waals surface area contributed by atoms with Crippen LogP contribution in [0.1, 0.15) is 12.8 Å². The number of hydrogen-bond acceptors (Lipinski definition) is 0. The van der Waals surface area contributed by atoms with Crippen molar-refractivity contribution in [1.82, 2.24) is 0 Å². The van der Waals surface area contributed by atoms with Gasteiger partial charge in [-0.05, 0) is 12.8 Å². The minimum absolute atomic E-state index is 0.213. The molecule has 0 saturated heterocycles. The molecule has 0 heterocycles.